The number of rotatable bonds is 3. The number of allylic oxidation sites excluding steroid dienone is 2. The normalized spacial score (nSPS) is 30.8. The Balaban J connectivity index is 3.16. The van der Waals surface area contributed by atoms with E-state index in [-0.39, 0.29) is 5.84 Å². The standard InChI is InChI=1S/C11H18N2O2/c1-3-7-5-8(10(12)13)9(14)11(15,4-2)6-7/h5-6,9,14-15H,3-4H2,1-2H3,(H3,12,13). The van der Waals surface area contributed by atoms with Crippen molar-refractivity contribution in [1.29, 1.82) is 5.41 Å². The summed E-state index contributed by atoms with van der Waals surface area (Å²) >= 11 is 0. The van der Waals surface area contributed by atoms with E-state index in [9.17, 15) is 10.2 Å². The van der Waals surface area contributed by atoms with Crippen LogP contribution in [0.1, 0.15) is 26.7 Å². The zero-order valence-corrected chi connectivity index (χ0v) is 9.12. The van der Waals surface area contributed by atoms with E-state index in [0.717, 1.165) is 12.0 Å². The second-order valence-electron chi connectivity index (χ2n) is 3.83. The molecule has 2 unspecified atom stereocenters. The molecule has 2 atom stereocenters. The fraction of sp³-hybridized carbons (Fsp3) is 0.545. The molecule has 0 spiro atoms. The topological polar surface area (TPSA) is 90.3 Å². The van der Waals surface area contributed by atoms with E-state index in [1.165, 1.54) is 0 Å². The summed E-state index contributed by atoms with van der Waals surface area (Å²) in [7, 11) is 0. The average molecular weight is 210 g/mol. The first-order valence-corrected chi connectivity index (χ1v) is 5.12. The van der Waals surface area contributed by atoms with Crippen molar-refractivity contribution in [3.8, 4) is 0 Å². The zero-order chi connectivity index (χ0) is 11.6. The molecular weight excluding hydrogens is 192 g/mol. The smallest absolute Gasteiger partial charge is 0.121 e. The minimum Gasteiger partial charge on any atom is -0.385 e. The summed E-state index contributed by atoms with van der Waals surface area (Å²) < 4.78 is 0. The van der Waals surface area contributed by atoms with Crippen molar-refractivity contribution in [3.63, 3.8) is 0 Å². The minimum absolute atomic E-state index is 0.187. The highest BCUT2D eigenvalue weighted by Gasteiger charge is 2.37. The van der Waals surface area contributed by atoms with Gasteiger partial charge < -0.3 is 15.9 Å². The van der Waals surface area contributed by atoms with E-state index in [1.807, 2.05) is 6.92 Å². The van der Waals surface area contributed by atoms with Crippen LogP contribution in [-0.4, -0.2) is 27.8 Å². The Morgan fingerprint density at radius 2 is 2.20 bits per heavy atom. The van der Waals surface area contributed by atoms with Crippen LogP contribution in [0.4, 0.5) is 0 Å². The van der Waals surface area contributed by atoms with Gasteiger partial charge in [0.05, 0.1) is 0 Å². The van der Waals surface area contributed by atoms with Crippen LogP contribution in [-0.2, 0) is 0 Å². The van der Waals surface area contributed by atoms with Gasteiger partial charge >= 0.3 is 0 Å². The molecule has 0 saturated heterocycles. The number of amidine groups is 1. The first kappa shape index (κ1) is 11.9. The summed E-state index contributed by atoms with van der Waals surface area (Å²) in [5.74, 6) is -0.187. The molecule has 0 aromatic rings. The summed E-state index contributed by atoms with van der Waals surface area (Å²) in [4.78, 5) is 0. The van der Waals surface area contributed by atoms with Gasteiger partial charge in [0.25, 0.3) is 0 Å². The Morgan fingerprint density at radius 1 is 1.60 bits per heavy atom. The van der Waals surface area contributed by atoms with Crippen molar-refractivity contribution < 1.29 is 10.2 Å². The molecule has 1 aliphatic rings. The van der Waals surface area contributed by atoms with E-state index >= 15 is 0 Å². The van der Waals surface area contributed by atoms with Gasteiger partial charge in [-0.05, 0) is 30.6 Å². The molecule has 0 radical (unpaired) electrons. The average Bonchev–Trinajstić information content (AvgIpc) is 2.21. The molecule has 0 heterocycles. The molecule has 0 aliphatic heterocycles. The highest BCUT2D eigenvalue weighted by atomic mass is 16.3. The Kier molecular flexibility index (Phi) is 3.31. The monoisotopic (exact) mass is 210 g/mol. The number of hydrogen-bond acceptors (Lipinski definition) is 3. The van der Waals surface area contributed by atoms with Crippen LogP contribution in [0.3, 0.4) is 0 Å². The Bertz CT molecular complexity index is 333. The van der Waals surface area contributed by atoms with Crippen LogP contribution in [0.15, 0.2) is 23.3 Å². The molecule has 0 fully saturated rings. The van der Waals surface area contributed by atoms with Gasteiger partial charge in [-0.2, -0.15) is 0 Å². The highest BCUT2D eigenvalue weighted by molar-refractivity contribution is 5.96. The number of aliphatic hydroxyl groups excluding tert-OH is 1. The Labute approximate surface area is 89.6 Å². The van der Waals surface area contributed by atoms with Crippen molar-refractivity contribution in [1.82, 2.24) is 0 Å². The van der Waals surface area contributed by atoms with Crippen LogP contribution in [0, 0.1) is 5.41 Å². The van der Waals surface area contributed by atoms with Gasteiger partial charge in [0, 0.05) is 5.57 Å². The molecule has 1 rings (SSSR count). The van der Waals surface area contributed by atoms with Gasteiger partial charge in [-0.1, -0.05) is 13.8 Å². The first-order chi connectivity index (χ1) is 6.94. The van der Waals surface area contributed by atoms with E-state index in [0.29, 0.717) is 12.0 Å². The molecule has 1 aliphatic carbocycles. The molecule has 4 nitrogen and oxygen atoms in total. The van der Waals surface area contributed by atoms with Crippen LogP contribution in [0.25, 0.3) is 0 Å². The summed E-state index contributed by atoms with van der Waals surface area (Å²) in [5, 5.41) is 27.4. The lowest BCUT2D eigenvalue weighted by atomic mass is 9.81. The quantitative estimate of drug-likeness (QED) is 0.408. The second kappa shape index (κ2) is 4.16. The molecule has 0 aromatic carbocycles. The maximum atomic E-state index is 10.1. The Hall–Kier alpha value is -1.13. The number of nitrogens with one attached hydrogen (secondary N) is 1. The van der Waals surface area contributed by atoms with Gasteiger partial charge in [0.2, 0.25) is 0 Å². The molecule has 0 saturated carbocycles. The Morgan fingerprint density at radius 3 is 2.60 bits per heavy atom. The van der Waals surface area contributed by atoms with Crippen LogP contribution >= 0.6 is 0 Å². The van der Waals surface area contributed by atoms with Gasteiger partial charge in [0.1, 0.15) is 17.5 Å². The third kappa shape index (κ3) is 2.11. The third-order valence-corrected chi connectivity index (χ3v) is 2.83. The minimum atomic E-state index is -1.29. The molecule has 4 heteroatoms. The fourth-order valence-corrected chi connectivity index (χ4v) is 1.71. The lowest BCUT2D eigenvalue weighted by Gasteiger charge is -2.34. The number of hydrogen-bond donors (Lipinski definition) is 4. The van der Waals surface area contributed by atoms with Crippen molar-refractivity contribution in [2.75, 3.05) is 0 Å². The molecule has 5 N–H and O–H groups in total. The van der Waals surface area contributed by atoms with Crippen LogP contribution < -0.4 is 5.73 Å². The molecule has 0 aromatic heterocycles. The van der Waals surface area contributed by atoms with Gasteiger partial charge in [-0.15, -0.1) is 0 Å². The number of nitrogens with two attached hydrogens (primary N) is 1. The SMILES string of the molecule is CCC1=CC(O)(CC)C(O)C(C(=N)N)=C1. The molecule has 0 bridgehead atoms. The molecule has 0 amide bonds. The van der Waals surface area contributed by atoms with Crippen molar-refractivity contribution in [3.05, 3.63) is 23.3 Å². The maximum absolute atomic E-state index is 10.1. The zero-order valence-electron chi connectivity index (χ0n) is 9.12. The predicted octanol–water partition coefficient (Wildman–Crippen LogP) is 0.701. The summed E-state index contributed by atoms with van der Waals surface area (Å²) in [6.07, 6.45) is 3.37. The van der Waals surface area contributed by atoms with Crippen molar-refractivity contribution in [2.24, 2.45) is 5.73 Å². The number of aliphatic hydroxyl groups is 2. The largest absolute Gasteiger partial charge is 0.385 e. The van der Waals surface area contributed by atoms with Crippen LogP contribution in [0.5, 0.6) is 0 Å². The predicted molar refractivity (Wildman–Crippen MR) is 59.6 cm³/mol. The summed E-state index contributed by atoms with van der Waals surface area (Å²) in [5.41, 5.74) is 5.28. The van der Waals surface area contributed by atoms with Crippen LogP contribution in [0.2, 0.25) is 0 Å². The van der Waals surface area contributed by atoms with Crippen molar-refractivity contribution >= 4 is 5.84 Å². The molecular formula is C11H18N2O2. The third-order valence-electron chi connectivity index (χ3n) is 2.83. The van der Waals surface area contributed by atoms with Gasteiger partial charge in [0.15, 0.2) is 0 Å². The summed E-state index contributed by atoms with van der Waals surface area (Å²) in [6, 6.07) is 0. The first-order valence-electron chi connectivity index (χ1n) is 5.12. The van der Waals surface area contributed by atoms with E-state index in [4.69, 9.17) is 11.1 Å². The highest BCUT2D eigenvalue weighted by Crippen LogP contribution is 2.30. The maximum Gasteiger partial charge on any atom is 0.121 e. The molecule has 84 valence electrons. The summed E-state index contributed by atoms with van der Waals surface area (Å²) in [6.45, 7) is 3.74. The molecule has 15 heavy (non-hydrogen) atoms. The van der Waals surface area contributed by atoms with Gasteiger partial charge in [-0.25, -0.2) is 0 Å². The van der Waals surface area contributed by atoms with E-state index < -0.39 is 11.7 Å². The van der Waals surface area contributed by atoms with E-state index in [2.05, 4.69) is 0 Å². The lowest BCUT2D eigenvalue weighted by Crippen LogP contribution is -2.46. The van der Waals surface area contributed by atoms with Crippen molar-refractivity contribution in [2.45, 2.75) is 38.4 Å². The lowest BCUT2D eigenvalue weighted by molar-refractivity contribution is -0.0219. The van der Waals surface area contributed by atoms with Gasteiger partial charge in [-0.3, -0.25) is 5.41 Å². The second-order valence-corrected chi connectivity index (χ2v) is 3.83. The fourth-order valence-electron chi connectivity index (χ4n) is 1.71. The van der Waals surface area contributed by atoms with E-state index in [1.54, 1.807) is 19.1 Å².